The Morgan fingerprint density at radius 3 is 2.50 bits per heavy atom. The van der Waals surface area contributed by atoms with Crippen LogP contribution in [0.2, 0.25) is 0 Å². The molecule has 0 aromatic rings. The zero-order chi connectivity index (χ0) is 6.57. The van der Waals surface area contributed by atoms with Gasteiger partial charge in [0.1, 0.15) is 6.61 Å². The van der Waals surface area contributed by atoms with Crippen LogP contribution in [0.5, 0.6) is 0 Å². The first-order valence-electron chi connectivity index (χ1n) is 1.82. The topological polar surface area (TPSA) is 46.5 Å². The molecule has 0 fully saturated rings. The molecule has 0 bridgehead atoms. The van der Waals surface area contributed by atoms with Crippen molar-refractivity contribution in [2.75, 3.05) is 6.61 Å². The van der Waals surface area contributed by atoms with Crippen molar-refractivity contribution in [1.82, 2.24) is 0 Å². The standard InChI is InChI=1S/C4H5BrO3/c1-3(5)2-8-4(6)7/h1-2H2,(H,6,7). The molecular weight excluding hydrogens is 176 g/mol. The summed E-state index contributed by atoms with van der Waals surface area (Å²) < 4.78 is 4.59. The second kappa shape index (κ2) is 3.49. The maximum Gasteiger partial charge on any atom is 0.506 e. The lowest BCUT2D eigenvalue weighted by molar-refractivity contribution is 0.101. The number of hydrogen-bond donors (Lipinski definition) is 1. The summed E-state index contributed by atoms with van der Waals surface area (Å²) >= 11 is 2.92. The van der Waals surface area contributed by atoms with Gasteiger partial charge >= 0.3 is 6.16 Å². The maximum atomic E-state index is 9.62. The van der Waals surface area contributed by atoms with E-state index in [2.05, 4.69) is 27.2 Å². The van der Waals surface area contributed by atoms with E-state index in [0.29, 0.717) is 4.48 Å². The summed E-state index contributed by atoms with van der Waals surface area (Å²) in [5, 5.41) is 7.88. The highest BCUT2D eigenvalue weighted by molar-refractivity contribution is 9.11. The summed E-state index contributed by atoms with van der Waals surface area (Å²) in [5.74, 6) is 0. The Kier molecular flexibility index (Phi) is 3.26. The second-order valence-corrected chi connectivity index (χ2v) is 2.19. The number of halogens is 1. The SMILES string of the molecule is C=C(Br)COC(=O)O. The van der Waals surface area contributed by atoms with Crippen LogP contribution in [-0.2, 0) is 4.74 Å². The van der Waals surface area contributed by atoms with Crippen LogP contribution in [-0.4, -0.2) is 17.9 Å². The molecule has 0 aromatic carbocycles. The van der Waals surface area contributed by atoms with Crippen molar-refractivity contribution < 1.29 is 14.6 Å². The van der Waals surface area contributed by atoms with Gasteiger partial charge in [-0.05, 0) is 0 Å². The third-order valence-corrected chi connectivity index (χ3v) is 0.581. The summed E-state index contributed by atoms with van der Waals surface area (Å²) in [7, 11) is 0. The largest absolute Gasteiger partial charge is 0.506 e. The maximum absolute atomic E-state index is 9.62. The third kappa shape index (κ3) is 5.49. The molecule has 0 atom stereocenters. The van der Waals surface area contributed by atoms with Crippen LogP contribution >= 0.6 is 15.9 Å². The normalized spacial score (nSPS) is 8.12. The lowest BCUT2D eigenvalue weighted by atomic mass is 10.7. The first-order valence-corrected chi connectivity index (χ1v) is 2.61. The molecule has 46 valence electrons. The summed E-state index contributed by atoms with van der Waals surface area (Å²) in [6.07, 6.45) is -1.29. The molecule has 8 heavy (non-hydrogen) atoms. The van der Waals surface area contributed by atoms with Crippen molar-refractivity contribution >= 4 is 22.1 Å². The molecule has 0 unspecified atom stereocenters. The lowest BCUT2D eigenvalue weighted by Gasteiger charge is -1.94. The van der Waals surface area contributed by atoms with Crippen LogP contribution < -0.4 is 0 Å². The molecule has 0 aliphatic rings. The van der Waals surface area contributed by atoms with Crippen LogP contribution in [0.1, 0.15) is 0 Å². The van der Waals surface area contributed by atoms with Crippen molar-refractivity contribution in [3.05, 3.63) is 11.1 Å². The summed E-state index contributed by atoms with van der Waals surface area (Å²) in [6.45, 7) is 3.36. The van der Waals surface area contributed by atoms with Crippen molar-refractivity contribution in [3.8, 4) is 0 Å². The molecule has 4 heteroatoms. The molecule has 1 N–H and O–H groups in total. The van der Waals surface area contributed by atoms with Crippen LogP contribution in [0, 0.1) is 0 Å². The Labute approximate surface area is 55.1 Å². The van der Waals surface area contributed by atoms with Crippen LogP contribution in [0.3, 0.4) is 0 Å². The van der Waals surface area contributed by atoms with Gasteiger partial charge in [-0.15, -0.1) is 0 Å². The fourth-order valence-corrected chi connectivity index (χ4v) is 0.255. The molecule has 0 aliphatic carbocycles. The quantitative estimate of drug-likeness (QED) is 0.657. The average molecular weight is 181 g/mol. The molecule has 0 radical (unpaired) electrons. The minimum absolute atomic E-state index is 0.00926. The zero-order valence-electron chi connectivity index (χ0n) is 4.06. The predicted octanol–water partition coefficient (Wildman–Crippen LogP) is 1.59. The van der Waals surface area contributed by atoms with E-state index in [4.69, 9.17) is 5.11 Å². The Balaban J connectivity index is 3.18. The average Bonchev–Trinajstić information content (AvgIpc) is 1.61. The Bertz CT molecular complexity index is 95.9. The fraction of sp³-hybridized carbons (Fsp3) is 0.250. The molecule has 0 rings (SSSR count). The molecule has 3 nitrogen and oxygen atoms in total. The predicted molar refractivity (Wildman–Crippen MR) is 32.0 cm³/mol. The van der Waals surface area contributed by atoms with Gasteiger partial charge in [-0.3, -0.25) is 0 Å². The van der Waals surface area contributed by atoms with Crippen molar-refractivity contribution in [3.63, 3.8) is 0 Å². The van der Waals surface area contributed by atoms with Gasteiger partial charge in [-0.2, -0.15) is 0 Å². The van der Waals surface area contributed by atoms with Gasteiger partial charge in [-0.25, -0.2) is 4.79 Å². The number of hydrogen-bond acceptors (Lipinski definition) is 2. The van der Waals surface area contributed by atoms with Gasteiger partial charge in [-0.1, -0.05) is 22.5 Å². The number of rotatable bonds is 2. The smallest absolute Gasteiger partial charge is 0.450 e. The van der Waals surface area contributed by atoms with E-state index in [1.807, 2.05) is 0 Å². The van der Waals surface area contributed by atoms with E-state index in [1.165, 1.54) is 0 Å². The summed E-state index contributed by atoms with van der Waals surface area (Å²) in [6, 6.07) is 0. The van der Waals surface area contributed by atoms with Gasteiger partial charge in [0.15, 0.2) is 0 Å². The lowest BCUT2D eigenvalue weighted by Crippen LogP contribution is -2.00. The number of ether oxygens (including phenoxy) is 1. The van der Waals surface area contributed by atoms with E-state index >= 15 is 0 Å². The minimum Gasteiger partial charge on any atom is -0.450 e. The highest BCUT2D eigenvalue weighted by Crippen LogP contribution is 1.99. The molecule has 0 saturated carbocycles. The number of carboxylic acid groups (broad SMARTS) is 1. The van der Waals surface area contributed by atoms with Gasteiger partial charge in [0, 0.05) is 4.48 Å². The molecule has 0 aliphatic heterocycles. The van der Waals surface area contributed by atoms with Crippen molar-refractivity contribution in [2.24, 2.45) is 0 Å². The molecule has 0 spiro atoms. The van der Waals surface area contributed by atoms with E-state index in [0.717, 1.165) is 0 Å². The first-order chi connectivity index (χ1) is 3.63. The number of carbonyl (C=O) groups is 1. The minimum atomic E-state index is -1.29. The van der Waals surface area contributed by atoms with E-state index in [1.54, 1.807) is 0 Å². The summed E-state index contributed by atoms with van der Waals surface area (Å²) in [5.41, 5.74) is 0. The highest BCUT2D eigenvalue weighted by Gasteiger charge is 1.94. The van der Waals surface area contributed by atoms with Gasteiger partial charge in [0.25, 0.3) is 0 Å². The Morgan fingerprint density at radius 2 is 2.38 bits per heavy atom. The fourth-order valence-electron chi connectivity index (χ4n) is 0.140. The van der Waals surface area contributed by atoms with Gasteiger partial charge in [0.05, 0.1) is 0 Å². The Morgan fingerprint density at radius 1 is 1.88 bits per heavy atom. The Hall–Kier alpha value is -0.510. The molecule has 0 aromatic heterocycles. The molecule has 0 saturated heterocycles. The second-order valence-electron chi connectivity index (χ2n) is 1.07. The van der Waals surface area contributed by atoms with Gasteiger partial charge in [0.2, 0.25) is 0 Å². The molecule has 0 amide bonds. The van der Waals surface area contributed by atoms with Crippen molar-refractivity contribution in [2.45, 2.75) is 0 Å². The summed E-state index contributed by atoms with van der Waals surface area (Å²) in [4.78, 5) is 9.62. The van der Waals surface area contributed by atoms with E-state index in [-0.39, 0.29) is 6.61 Å². The highest BCUT2D eigenvalue weighted by atomic mass is 79.9. The zero-order valence-corrected chi connectivity index (χ0v) is 5.64. The van der Waals surface area contributed by atoms with Crippen LogP contribution in [0.15, 0.2) is 11.1 Å². The van der Waals surface area contributed by atoms with E-state index in [9.17, 15) is 4.79 Å². The third-order valence-electron chi connectivity index (χ3n) is 0.352. The molecular formula is C4H5BrO3. The van der Waals surface area contributed by atoms with Crippen LogP contribution in [0.25, 0.3) is 0 Å². The monoisotopic (exact) mass is 180 g/mol. The molecule has 0 heterocycles. The first kappa shape index (κ1) is 7.49. The van der Waals surface area contributed by atoms with Gasteiger partial charge < -0.3 is 9.84 Å². The van der Waals surface area contributed by atoms with Crippen LogP contribution in [0.4, 0.5) is 4.79 Å². The van der Waals surface area contributed by atoms with Crippen molar-refractivity contribution in [1.29, 1.82) is 0 Å². The van der Waals surface area contributed by atoms with E-state index < -0.39 is 6.16 Å².